The molecule has 0 bridgehead atoms. The van der Waals surface area contributed by atoms with Crippen LogP contribution in [0.2, 0.25) is 5.02 Å². The van der Waals surface area contributed by atoms with Crippen molar-refractivity contribution in [1.29, 1.82) is 0 Å². The van der Waals surface area contributed by atoms with Crippen molar-refractivity contribution < 1.29 is 19.4 Å². The Morgan fingerprint density at radius 2 is 1.87 bits per heavy atom. The van der Waals surface area contributed by atoms with Crippen LogP contribution in [-0.2, 0) is 11.3 Å². The molecule has 2 aromatic carbocycles. The van der Waals surface area contributed by atoms with Gasteiger partial charge < -0.3 is 19.1 Å². The summed E-state index contributed by atoms with van der Waals surface area (Å²) in [5.74, 6) is 0.615. The van der Waals surface area contributed by atoms with Crippen molar-refractivity contribution in [2.45, 2.75) is 18.6 Å². The van der Waals surface area contributed by atoms with Crippen LogP contribution in [0, 0.1) is 0 Å². The molecule has 0 fully saturated rings. The molecule has 3 rings (SSSR count). The SMILES string of the molecule is CCn1c(S/C(=C\c2cc(Br)c(OC)cc2OC)C(=O)O)nnc1-c1ccc(Cl)cc1. The Morgan fingerprint density at radius 3 is 2.45 bits per heavy atom. The van der Waals surface area contributed by atoms with E-state index in [4.69, 9.17) is 21.1 Å². The van der Waals surface area contributed by atoms with E-state index in [0.717, 1.165) is 17.3 Å². The van der Waals surface area contributed by atoms with E-state index in [0.29, 0.717) is 44.1 Å². The van der Waals surface area contributed by atoms with Gasteiger partial charge in [0.1, 0.15) is 16.4 Å². The Labute approximate surface area is 197 Å². The van der Waals surface area contributed by atoms with Crippen molar-refractivity contribution in [2.75, 3.05) is 14.2 Å². The maximum absolute atomic E-state index is 12.0. The van der Waals surface area contributed by atoms with Crippen molar-refractivity contribution in [3.05, 3.63) is 56.4 Å². The number of hydrogen-bond donors (Lipinski definition) is 1. The third-order valence-electron chi connectivity index (χ3n) is 4.34. The highest BCUT2D eigenvalue weighted by Crippen LogP contribution is 2.36. The van der Waals surface area contributed by atoms with Crippen LogP contribution in [0.5, 0.6) is 11.5 Å². The molecule has 0 saturated carbocycles. The smallest absolute Gasteiger partial charge is 0.342 e. The zero-order valence-electron chi connectivity index (χ0n) is 16.9. The molecule has 0 radical (unpaired) electrons. The number of aliphatic carboxylic acids is 1. The fraction of sp³-hybridized carbons (Fsp3) is 0.190. The first kappa shape index (κ1) is 23.2. The number of nitrogens with zero attached hydrogens (tertiary/aromatic N) is 3. The number of ether oxygens (including phenoxy) is 2. The van der Waals surface area contributed by atoms with E-state index >= 15 is 0 Å². The average Bonchev–Trinajstić information content (AvgIpc) is 3.16. The normalized spacial score (nSPS) is 11.5. The summed E-state index contributed by atoms with van der Waals surface area (Å²) in [7, 11) is 3.06. The van der Waals surface area contributed by atoms with Crippen molar-refractivity contribution in [3.8, 4) is 22.9 Å². The van der Waals surface area contributed by atoms with Gasteiger partial charge in [0.25, 0.3) is 0 Å². The van der Waals surface area contributed by atoms with Gasteiger partial charge in [-0.25, -0.2) is 4.79 Å². The van der Waals surface area contributed by atoms with Crippen molar-refractivity contribution in [2.24, 2.45) is 0 Å². The molecule has 0 atom stereocenters. The lowest BCUT2D eigenvalue weighted by molar-refractivity contribution is -0.131. The van der Waals surface area contributed by atoms with Crippen LogP contribution in [0.1, 0.15) is 12.5 Å². The monoisotopic (exact) mass is 523 g/mol. The van der Waals surface area contributed by atoms with Crippen molar-refractivity contribution in [1.82, 2.24) is 14.8 Å². The highest BCUT2D eigenvalue weighted by atomic mass is 79.9. The van der Waals surface area contributed by atoms with E-state index in [1.807, 2.05) is 23.6 Å². The van der Waals surface area contributed by atoms with Gasteiger partial charge in [-0.05, 0) is 71.0 Å². The predicted molar refractivity (Wildman–Crippen MR) is 125 cm³/mol. The van der Waals surface area contributed by atoms with Crippen LogP contribution in [0.3, 0.4) is 0 Å². The number of thioether (sulfide) groups is 1. The van der Waals surface area contributed by atoms with Crippen LogP contribution in [0.15, 0.2) is 50.9 Å². The summed E-state index contributed by atoms with van der Waals surface area (Å²) >= 11 is 10.4. The molecule has 31 heavy (non-hydrogen) atoms. The van der Waals surface area contributed by atoms with Crippen LogP contribution in [0.25, 0.3) is 17.5 Å². The van der Waals surface area contributed by atoms with Gasteiger partial charge in [-0.2, -0.15) is 0 Å². The maximum Gasteiger partial charge on any atom is 0.342 e. The van der Waals surface area contributed by atoms with Crippen LogP contribution in [0.4, 0.5) is 0 Å². The summed E-state index contributed by atoms with van der Waals surface area (Å²) < 4.78 is 13.2. The van der Waals surface area contributed by atoms with Gasteiger partial charge in [0, 0.05) is 28.8 Å². The zero-order chi connectivity index (χ0) is 22.5. The Bertz CT molecular complexity index is 1130. The molecule has 0 amide bonds. The molecule has 7 nitrogen and oxygen atoms in total. The van der Waals surface area contributed by atoms with Gasteiger partial charge in [-0.1, -0.05) is 11.6 Å². The molecule has 0 spiro atoms. The number of carbonyl (C=O) groups is 1. The molecule has 0 saturated heterocycles. The second kappa shape index (κ2) is 10.2. The summed E-state index contributed by atoms with van der Waals surface area (Å²) in [6.07, 6.45) is 1.53. The number of carboxylic acid groups (broad SMARTS) is 1. The molecule has 1 heterocycles. The minimum atomic E-state index is -1.09. The van der Waals surface area contributed by atoms with Gasteiger partial charge in [0.15, 0.2) is 11.0 Å². The standard InChI is InChI=1S/C21H19BrClN3O4S/c1-4-26-19(12-5-7-14(23)8-6-12)24-25-21(26)31-18(20(27)28)10-13-9-15(22)17(30-3)11-16(13)29-2/h5-11H,4H2,1-3H3,(H,27,28)/b18-10-. The summed E-state index contributed by atoms with van der Waals surface area (Å²) in [6, 6.07) is 10.7. The first-order chi connectivity index (χ1) is 14.9. The lowest BCUT2D eigenvalue weighted by atomic mass is 10.1. The van der Waals surface area contributed by atoms with Gasteiger partial charge in [0.05, 0.1) is 18.7 Å². The third-order valence-corrected chi connectivity index (χ3v) is 6.21. The van der Waals surface area contributed by atoms with Crippen molar-refractivity contribution in [3.63, 3.8) is 0 Å². The zero-order valence-corrected chi connectivity index (χ0v) is 20.1. The highest BCUT2D eigenvalue weighted by molar-refractivity contribution is 9.10. The molecule has 1 aromatic heterocycles. The number of rotatable bonds is 8. The summed E-state index contributed by atoms with van der Waals surface area (Å²) in [5.41, 5.74) is 1.42. The van der Waals surface area contributed by atoms with Gasteiger partial charge >= 0.3 is 5.97 Å². The Kier molecular flexibility index (Phi) is 7.64. The fourth-order valence-corrected chi connectivity index (χ4v) is 4.36. The number of halogens is 2. The van der Waals surface area contributed by atoms with E-state index in [9.17, 15) is 9.90 Å². The first-order valence-corrected chi connectivity index (χ1v) is 11.1. The lowest BCUT2D eigenvalue weighted by Crippen LogP contribution is -2.03. The molecule has 0 aliphatic heterocycles. The first-order valence-electron chi connectivity index (χ1n) is 9.11. The quantitative estimate of drug-likeness (QED) is 0.302. The Hall–Kier alpha value is -2.49. The Balaban J connectivity index is 2.01. The summed E-state index contributed by atoms with van der Waals surface area (Å²) in [5, 5.41) is 19.4. The van der Waals surface area contributed by atoms with Crippen molar-refractivity contribution >= 4 is 51.3 Å². The molecule has 0 unspecified atom stereocenters. The average molecular weight is 525 g/mol. The minimum absolute atomic E-state index is 0.0696. The summed E-state index contributed by atoms with van der Waals surface area (Å²) in [4.78, 5) is 12.1. The van der Waals surface area contributed by atoms with Gasteiger partial charge in [-0.15, -0.1) is 10.2 Å². The van der Waals surface area contributed by atoms with E-state index in [1.54, 1.807) is 31.4 Å². The highest BCUT2D eigenvalue weighted by Gasteiger charge is 2.19. The number of carboxylic acids is 1. The third kappa shape index (κ3) is 5.23. The fourth-order valence-electron chi connectivity index (χ4n) is 2.83. The second-order valence-corrected chi connectivity index (χ2v) is 8.50. The topological polar surface area (TPSA) is 86.5 Å². The maximum atomic E-state index is 12.0. The molecule has 162 valence electrons. The van der Waals surface area contributed by atoms with Crippen LogP contribution < -0.4 is 9.47 Å². The Morgan fingerprint density at radius 1 is 1.19 bits per heavy atom. The van der Waals surface area contributed by atoms with Crippen LogP contribution >= 0.6 is 39.3 Å². The number of benzene rings is 2. The molecular weight excluding hydrogens is 506 g/mol. The molecule has 0 aliphatic carbocycles. The van der Waals surface area contributed by atoms with Gasteiger partial charge in [0.2, 0.25) is 0 Å². The minimum Gasteiger partial charge on any atom is -0.496 e. The number of hydrogen-bond acceptors (Lipinski definition) is 6. The predicted octanol–water partition coefficient (Wildman–Crippen LogP) is 5.62. The van der Waals surface area contributed by atoms with E-state index < -0.39 is 5.97 Å². The van der Waals surface area contributed by atoms with Crippen LogP contribution in [-0.4, -0.2) is 40.1 Å². The van der Waals surface area contributed by atoms with E-state index in [-0.39, 0.29) is 4.91 Å². The number of aromatic nitrogens is 3. The van der Waals surface area contributed by atoms with E-state index in [2.05, 4.69) is 26.1 Å². The molecule has 0 aliphatic rings. The summed E-state index contributed by atoms with van der Waals surface area (Å²) in [6.45, 7) is 2.51. The van der Waals surface area contributed by atoms with E-state index in [1.165, 1.54) is 13.2 Å². The number of methoxy groups -OCH3 is 2. The molecule has 10 heteroatoms. The molecule has 3 aromatic rings. The van der Waals surface area contributed by atoms with Gasteiger partial charge in [-0.3, -0.25) is 0 Å². The molecule has 1 N–H and O–H groups in total. The largest absolute Gasteiger partial charge is 0.496 e. The second-order valence-electron chi connectivity index (χ2n) is 6.20. The lowest BCUT2D eigenvalue weighted by Gasteiger charge is -2.11. The molecular formula is C21H19BrClN3O4S.